The van der Waals surface area contributed by atoms with E-state index in [4.69, 9.17) is 4.74 Å². The maximum atomic E-state index is 12.6. The molecule has 0 atom stereocenters. The Morgan fingerprint density at radius 2 is 1.84 bits per heavy atom. The van der Waals surface area contributed by atoms with Crippen molar-refractivity contribution < 1.29 is 32.1 Å². The fraction of sp³-hybridized carbons (Fsp3) is 0.524. The van der Waals surface area contributed by atoms with Gasteiger partial charge in [-0.15, -0.1) is 0 Å². The predicted molar refractivity (Wildman–Crippen MR) is 105 cm³/mol. The molecule has 170 valence electrons. The van der Waals surface area contributed by atoms with E-state index in [-0.39, 0.29) is 27.5 Å². The van der Waals surface area contributed by atoms with Gasteiger partial charge in [-0.05, 0) is 78.8 Å². The molecule has 11 heteroatoms. The fourth-order valence-corrected chi connectivity index (χ4v) is 4.57. The minimum absolute atomic E-state index is 0.0185. The van der Waals surface area contributed by atoms with Crippen LogP contribution in [0.25, 0.3) is 11.1 Å². The van der Waals surface area contributed by atoms with Crippen molar-refractivity contribution in [1.29, 1.82) is 0 Å². The quantitative estimate of drug-likeness (QED) is 0.722. The summed E-state index contributed by atoms with van der Waals surface area (Å²) < 4.78 is 43.7. The second-order valence-corrected chi connectivity index (χ2v) is 8.47. The van der Waals surface area contributed by atoms with E-state index >= 15 is 0 Å². The van der Waals surface area contributed by atoms with Crippen LogP contribution < -0.4 is 19.4 Å². The van der Waals surface area contributed by atoms with Crippen LogP contribution in [0.5, 0.6) is 5.75 Å². The number of benzene rings is 1. The lowest BCUT2D eigenvalue weighted by atomic mass is 9.83. The number of rotatable bonds is 3. The van der Waals surface area contributed by atoms with E-state index in [1.165, 1.54) is 18.1 Å². The topological polar surface area (TPSA) is 88.4 Å². The third-order valence-electron chi connectivity index (χ3n) is 6.31. The zero-order valence-electron chi connectivity index (χ0n) is 17.4. The summed E-state index contributed by atoms with van der Waals surface area (Å²) in [5.74, 6) is -1.000. The van der Waals surface area contributed by atoms with Crippen LogP contribution in [0, 0.1) is 11.8 Å². The molecular weight excluding hydrogens is 429 g/mol. The summed E-state index contributed by atoms with van der Waals surface area (Å²) in [5.41, 5.74) is 4.01. The molecule has 0 spiro atoms. The standard InChI is InChI=1S/C21H22F3N4O4/c1-11-19-16-8-14(13-4-6-25-7-5-13)15(12-2-3-12)9-18(16)31-10-17(19)26-28(27(11)30)32-20(29)21(22,23)24/h8-9,12-13,25H,2-7,10H2,1H3/q+1. The van der Waals surface area contributed by atoms with Gasteiger partial charge in [-0.25, -0.2) is 4.79 Å². The first-order valence-electron chi connectivity index (χ1n) is 10.6. The normalized spacial score (nSPS) is 18.5. The summed E-state index contributed by atoms with van der Waals surface area (Å²) in [4.78, 5) is 28.0. The van der Waals surface area contributed by atoms with Crippen LogP contribution in [0.1, 0.15) is 60.0 Å². The summed E-state index contributed by atoms with van der Waals surface area (Å²) in [6.45, 7) is 3.28. The van der Waals surface area contributed by atoms with Crippen LogP contribution in [-0.4, -0.2) is 35.3 Å². The number of piperidine rings is 1. The van der Waals surface area contributed by atoms with Crippen LogP contribution in [-0.2, 0) is 11.4 Å². The monoisotopic (exact) mass is 451 g/mol. The highest BCUT2D eigenvalue weighted by Crippen LogP contribution is 2.49. The Hall–Kier alpha value is -2.95. The smallest absolute Gasteiger partial charge is 0.484 e. The molecule has 1 aliphatic carbocycles. The van der Waals surface area contributed by atoms with Gasteiger partial charge in [0.1, 0.15) is 10.3 Å². The van der Waals surface area contributed by atoms with Crippen LogP contribution in [0.3, 0.4) is 0 Å². The first-order valence-corrected chi connectivity index (χ1v) is 10.6. The molecule has 3 aliphatic rings. The number of alkyl halides is 3. The number of halogens is 3. The average Bonchev–Trinajstić information content (AvgIpc) is 3.61. The Bertz CT molecular complexity index is 1150. The molecule has 1 saturated carbocycles. The molecule has 5 rings (SSSR count). The molecule has 32 heavy (non-hydrogen) atoms. The van der Waals surface area contributed by atoms with Gasteiger partial charge in [-0.2, -0.15) is 13.2 Å². The number of carbonyl (C=O) groups is 1. The molecule has 2 aliphatic heterocycles. The second-order valence-electron chi connectivity index (χ2n) is 8.47. The Balaban J connectivity index is 1.60. The van der Waals surface area contributed by atoms with Crippen molar-refractivity contribution in [2.75, 3.05) is 13.1 Å². The van der Waals surface area contributed by atoms with Crippen LogP contribution in [0.4, 0.5) is 13.2 Å². The molecule has 3 heterocycles. The van der Waals surface area contributed by atoms with E-state index in [2.05, 4.69) is 21.3 Å². The van der Waals surface area contributed by atoms with Crippen molar-refractivity contribution in [3.8, 4) is 16.9 Å². The number of nitrogens with one attached hydrogen (secondary N) is 1. The first-order chi connectivity index (χ1) is 15.2. The molecule has 1 aromatic heterocycles. The Morgan fingerprint density at radius 3 is 2.50 bits per heavy atom. The van der Waals surface area contributed by atoms with E-state index in [0.717, 1.165) is 38.8 Å². The van der Waals surface area contributed by atoms with E-state index in [1.807, 2.05) is 6.07 Å². The molecule has 0 bridgehead atoms. The lowest BCUT2D eigenvalue weighted by molar-refractivity contribution is -0.646. The van der Waals surface area contributed by atoms with Crippen molar-refractivity contribution >= 4 is 5.97 Å². The highest BCUT2D eigenvalue weighted by atomic mass is 19.4. The van der Waals surface area contributed by atoms with Gasteiger partial charge in [0, 0.05) is 12.5 Å². The summed E-state index contributed by atoms with van der Waals surface area (Å²) >= 11 is 0. The molecule has 2 fully saturated rings. The molecule has 8 nitrogen and oxygen atoms in total. The Labute approximate surface area is 180 Å². The predicted octanol–water partition coefficient (Wildman–Crippen LogP) is 2.53. The highest BCUT2D eigenvalue weighted by molar-refractivity contribution is 5.77. The van der Waals surface area contributed by atoms with E-state index in [0.29, 0.717) is 28.7 Å². The minimum atomic E-state index is -5.25. The summed E-state index contributed by atoms with van der Waals surface area (Å²) in [5, 5.41) is 7.20. The molecule has 0 unspecified atom stereocenters. The summed E-state index contributed by atoms with van der Waals surface area (Å²) in [7, 11) is 0. The molecule has 2 aromatic rings. The number of carbonyl (C=O) groups excluding carboxylic acids is 1. The fourth-order valence-electron chi connectivity index (χ4n) is 4.57. The SMILES string of the molecule is Cc1c2c(nn(OC(=O)C(F)(F)F)[n+]1=O)COc1cc(C3CC3)c(C3CCNCC3)cc1-2. The van der Waals surface area contributed by atoms with Gasteiger partial charge in [-0.1, -0.05) is 0 Å². The third-order valence-corrected chi connectivity index (χ3v) is 6.31. The first kappa shape index (κ1) is 20.9. The number of ether oxygens (including phenoxy) is 1. The van der Waals surface area contributed by atoms with Crippen molar-refractivity contribution in [2.45, 2.75) is 57.2 Å². The largest absolute Gasteiger partial charge is 0.493 e. The number of hydrogen-bond acceptors (Lipinski definition) is 6. The summed E-state index contributed by atoms with van der Waals surface area (Å²) in [6.07, 6.45) is -0.962. The molecule has 1 N–H and O–H groups in total. The number of aromatic nitrogens is 3. The van der Waals surface area contributed by atoms with Gasteiger partial charge in [0.15, 0.2) is 12.3 Å². The molecular formula is C21H22F3N4O4+. The molecule has 0 radical (unpaired) electrons. The molecule has 1 saturated heterocycles. The minimum Gasteiger partial charge on any atom is -0.484 e. The number of hydrogen-bond donors (Lipinski definition) is 1. The second kappa shape index (κ2) is 7.58. The van der Waals surface area contributed by atoms with Crippen molar-refractivity contribution in [2.24, 2.45) is 0 Å². The molecule has 1 aromatic carbocycles. The van der Waals surface area contributed by atoms with Gasteiger partial charge in [0.25, 0.3) is 0 Å². The van der Waals surface area contributed by atoms with Gasteiger partial charge < -0.3 is 10.1 Å². The maximum absolute atomic E-state index is 12.6. The van der Waals surface area contributed by atoms with Gasteiger partial charge in [-0.3, -0.25) is 4.84 Å². The van der Waals surface area contributed by atoms with Gasteiger partial charge >= 0.3 is 12.1 Å². The number of fused-ring (bicyclic) bond motifs is 3. The zero-order valence-corrected chi connectivity index (χ0v) is 17.4. The maximum Gasteiger partial charge on any atom is 0.493 e. The third kappa shape index (κ3) is 3.64. The summed E-state index contributed by atoms with van der Waals surface area (Å²) in [6, 6.07) is 4.10. The molecule has 0 amide bonds. The van der Waals surface area contributed by atoms with Crippen LogP contribution in [0.15, 0.2) is 12.1 Å². The van der Waals surface area contributed by atoms with Crippen molar-refractivity contribution in [1.82, 2.24) is 15.4 Å². The van der Waals surface area contributed by atoms with Crippen LogP contribution >= 0.6 is 0 Å². The van der Waals surface area contributed by atoms with Gasteiger partial charge in [0.05, 0.1) is 10.7 Å². The van der Waals surface area contributed by atoms with Crippen molar-refractivity contribution in [3.05, 3.63) is 39.6 Å². The van der Waals surface area contributed by atoms with E-state index < -0.39 is 12.1 Å². The van der Waals surface area contributed by atoms with Crippen molar-refractivity contribution in [3.63, 3.8) is 0 Å². The van der Waals surface area contributed by atoms with Crippen LogP contribution in [0.2, 0.25) is 0 Å². The van der Waals surface area contributed by atoms with E-state index in [1.54, 1.807) is 0 Å². The number of nitrogens with zero attached hydrogens (tertiary/aromatic N) is 3. The average molecular weight is 451 g/mol. The Kier molecular flexibility index (Phi) is 4.95. The van der Waals surface area contributed by atoms with E-state index in [9.17, 15) is 22.9 Å². The Morgan fingerprint density at radius 1 is 1.19 bits per heavy atom. The highest BCUT2D eigenvalue weighted by Gasteiger charge is 2.44. The lowest BCUT2D eigenvalue weighted by Crippen LogP contribution is -2.47. The zero-order chi connectivity index (χ0) is 22.6. The van der Waals surface area contributed by atoms with Gasteiger partial charge in [0.2, 0.25) is 10.7 Å². The lowest BCUT2D eigenvalue weighted by Gasteiger charge is -2.28.